The summed E-state index contributed by atoms with van der Waals surface area (Å²) in [5, 5.41) is 3.22. The molecular formula is C14H26N2O3S. The van der Waals surface area contributed by atoms with Crippen molar-refractivity contribution in [1.82, 2.24) is 10.2 Å². The highest BCUT2D eigenvalue weighted by Crippen LogP contribution is 2.32. The number of esters is 1. The van der Waals surface area contributed by atoms with Gasteiger partial charge in [0, 0.05) is 41.4 Å². The first-order chi connectivity index (χ1) is 9.61. The van der Waals surface area contributed by atoms with Crippen LogP contribution in [-0.4, -0.2) is 64.9 Å². The summed E-state index contributed by atoms with van der Waals surface area (Å²) in [5.41, 5.74) is -0.532. The van der Waals surface area contributed by atoms with Gasteiger partial charge in [-0.3, -0.25) is 13.9 Å². The van der Waals surface area contributed by atoms with Crippen LogP contribution in [0, 0.1) is 0 Å². The Hall–Kier alpha value is -0.460. The second-order valence-electron chi connectivity index (χ2n) is 5.69. The van der Waals surface area contributed by atoms with E-state index in [-0.39, 0.29) is 5.97 Å². The second kappa shape index (κ2) is 7.00. The van der Waals surface area contributed by atoms with Gasteiger partial charge in [-0.2, -0.15) is 0 Å². The summed E-state index contributed by atoms with van der Waals surface area (Å²) in [6, 6.07) is 0.401. The molecule has 0 aromatic heterocycles. The van der Waals surface area contributed by atoms with E-state index in [2.05, 4.69) is 10.2 Å². The molecule has 1 N–H and O–H groups in total. The Morgan fingerprint density at radius 1 is 1.45 bits per heavy atom. The summed E-state index contributed by atoms with van der Waals surface area (Å²) in [5.74, 6) is 1.41. The molecule has 2 aliphatic rings. The zero-order valence-corrected chi connectivity index (χ0v) is 13.3. The molecule has 6 heteroatoms. The van der Waals surface area contributed by atoms with Crippen molar-refractivity contribution in [3.8, 4) is 0 Å². The molecule has 1 saturated heterocycles. The van der Waals surface area contributed by atoms with E-state index in [4.69, 9.17) is 4.74 Å². The van der Waals surface area contributed by atoms with Gasteiger partial charge < -0.3 is 10.1 Å². The molecule has 0 radical (unpaired) electrons. The van der Waals surface area contributed by atoms with Gasteiger partial charge in [-0.05, 0) is 39.7 Å². The lowest BCUT2D eigenvalue weighted by Gasteiger charge is -2.44. The maximum atomic E-state index is 12.3. The van der Waals surface area contributed by atoms with Crippen LogP contribution in [0.25, 0.3) is 0 Å². The van der Waals surface area contributed by atoms with Crippen molar-refractivity contribution in [1.29, 1.82) is 0 Å². The van der Waals surface area contributed by atoms with Crippen molar-refractivity contribution < 1.29 is 13.7 Å². The maximum absolute atomic E-state index is 12.3. The first-order valence-electron chi connectivity index (χ1n) is 7.56. The quantitative estimate of drug-likeness (QED) is 0.767. The number of carbonyl (C=O) groups is 1. The lowest BCUT2D eigenvalue weighted by Crippen LogP contribution is -2.59. The SMILES string of the molecule is CCOC(=O)C1(NC)CCCC(N2CCS(=O)CC2)C1. The third kappa shape index (κ3) is 3.40. The number of ether oxygens (including phenoxy) is 1. The van der Waals surface area contributed by atoms with E-state index in [9.17, 15) is 9.00 Å². The molecule has 0 aromatic rings. The van der Waals surface area contributed by atoms with Crippen molar-refractivity contribution >= 4 is 16.8 Å². The molecule has 2 atom stereocenters. The average molecular weight is 302 g/mol. The molecule has 0 amide bonds. The molecule has 2 unspecified atom stereocenters. The largest absolute Gasteiger partial charge is 0.465 e. The smallest absolute Gasteiger partial charge is 0.326 e. The minimum atomic E-state index is -0.647. The number of carbonyl (C=O) groups excluding carboxylic acids is 1. The highest BCUT2D eigenvalue weighted by molar-refractivity contribution is 7.85. The minimum absolute atomic E-state index is 0.118. The Labute approximate surface area is 123 Å². The zero-order valence-electron chi connectivity index (χ0n) is 12.5. The Balaban J connectivity index is 2.02. The van der Waals surface area contributed by atoms with E-state index < -0.39 is 16.3 Å². The topological polar surface area (TPSA) is 58.6 Å². The summed E-state index contributed by atoms with van der Waals surface area (Å²) in [6.45, 7) is 4.05. The molecule has 1 saturated carbocycles. The Morgan fingerprint density at radius 3 is 2.75 bits per heavy atom. The van der Waals surface area contributed by atoms with Crippen LogP contribution in [0.5, 0.6) is 0 Å². The highest BCUT2D eigenvalue weighted by Gasteiger charge is 2.44. The van der Waals surface area contributed by atoms with Gasteiger partial charge in [-0.15, -0.1) is 0 Å². The molecule has 1 aliphatic carbocycles. The van der Waals surface area contributed by atoms with Gasteiger partial charge in [-0.25, -0.2) is 0 Å². The van der Waals surface area contributed by atoms with Crippen molar-refractivity contribution in [3.05, 3.63) is 0 Å². The number of rotatable bonds is 4. The number of likely N-dealkylation sites (N-methyl/N-ethyl adjacent to an activating group) is 1. The normalized spacial score (nSPS) is 33.0. The number of nitrogens with one attached hydrogen (secondary N) is 1. The standard InChI is InChI=1S/C14H26N2O3S/c1-3-19-13(17)14(15-2)6-4-5-12(11-14)16-7-9-20(18)10-8-16/h12,15H,3-11H2,1-2H3. The fraction of sp³-hybridized carbons (Fsp3) is 0.929. The van der Waals surface area contributed by atoms with Crippen LogP contribution in [0.3, 0.4) is 0 Å². The van der Waals surface area contributed by atoms with Gasteiger partial charge in [0.15, 0.2) is 0 Å². The highest BCUT2D eigenvalue weighted by atomic mass is 32.2. The van der Waals surface area contributed by atoms with Crippen LogP contribution in [0.1, 0.15) is 32.6 Å². The van der Waals surface area contributed by atoms with Crippen LogP contribution < -0.4 is 5.32 Å². The molecule has 1 aliphatic heterocycles. The molecule has 1 heterocycles. The van der Waals surface area contributed by atoms with Gasteiger partial charge in [0.25, 0.3) is 0 Å². The summed E-state index contributed by atoms with van der Waals surface area (Å²) in [4.78, 5) is 14.7. The van der Waals surface area contributed by atoms with Crippen molar-refractivity contribution in [3.63, 3.8) is 0 Å². The first kappa shape index (κ1) is 15.9. The van der Waals surface area contributed by atoms with Crippen LogP contribution in [0.4, 0.5) is 0 Å². The maximum Gasteiger partial charge on any atom is 0.326 e. The van der Waals surface area contributed by atoms with Gasteiger partial charge in [0.2, 0.25) is 0 Å². The van der Waals surface area contributed by atoms with Crippen molar-refractivity contribution in [2.75, 3.05) is 38.2 Å². The van der Waals surface area contributed by atoms with Gasteiger partial charge >= 0.3 is 5.97 Å². The third-order valence-corrected chi connectivity index (χ3v) is 5.87. The summed E-state index contributed by atoms with van der Waals surface area (Å²) < 4.78 is 16.7. The second-order valence-corrected chi connectivity index (χ2v) is 7.38. The molecule has 2 fully saturated rings. The molecule has 20 heavy (non-hydrogen) atoms. The molecule has 0 spiro atoms. The fourth-order valence-corrected chi connectivity index (χ4v) is 4.44. The molecule has 0 bridgehead atoms. The summed E-state index contributed by atoms with van der Waals surface area (Å²) in [6.07, 6.45) is 3.80. The Morgan fingerprint density at radius 2 is 2.15 bits per heavy atom. The molecular weight excluding hydrogens is 276 g/mol. The van der Waals surface area contributed by atoms with Crippen molar-refractivity contribution in [2.24, 2.45) is 0 Å². The number of nitrogens with zero attached hydrogens (tertiary/aromatic N) is 1. The van der Waals surface area contributed by atoms with Crippen LogP contribution in [0.2, 0.25) is 0 Å². The van der Waals surface area contributed by atoms with E-state index in [0.717, 1.165) is 50.3 Å². The monoisotopic (exact) mass is 302 g/mol. The lowest BCUT2D eigenvalue weighted by molar-refractivity contribution is -0.153. The van der Waals surface area contributed by atoms with Gasteiger partial charge in [0.05, 0.1) is 6.61 Å². The molecule has 2 rings (SSSR count). The summed E-state index contributed by atoms with van der Waals surface area (Å²) in [7, 11) is 1.20. The molecule has 116 valence electrons. The predicted octanol–water partition coefficient (Wildman–Crippen LogP) is 0.515. The Kier molecular flexibility index (Phi) is 5.57. The summed E-state index contributed by atoms with van der Waals surface area (Å²) >= 11 is 0. The Bertz CT molecular complexity index is 367. The minimum Gasteiger partial charge on any atom is -0.465 e. The van der Waals surface area contributed by atoms with Crippen molar-refractivity contribution in [2.45, 2.75) is 44.2 Å². The average Bonchev–Trinajstić information content (AvgIpc) is 2.48. The van der Waals surface area contributed by atoms with Crippen LogP contribution in [-0.2, 0) is 20.3 Å². The third-order valence-electron chi connectivity index (χ3n) is 4.60. The first-order valence-corrected chi connectivity index (χ1v) is 9.05. The molecule has 5 nitrogen and oxygen atoms in total. The van der Waals surface area contributed by atoms with E-state index in [1.54, 1.807) is 0 Å². The van der Waals surface area contributed by atoms with E-state index in [1.165, 1.54) is 0 Å². The number of hydrogen-bond donors (Lipinski definition) is 1. The van der Waals surface area contributed by atoms with Crippen LogP contribution in [0.15, 0.2) is 0 Å². The zero-order chi connectivity index (χ0) is 14.6. The lowest BCUT2D eigenvalue weighted by atomic mass is 9.78. The van der Waals surface area contributed by atoms with Gasteiger partial charge in [-0.1, -0.05) is 0 Å². The van der Waals surface area contributed by atoms with E-state index in [0.29, 0.717) is 12.6 Å². The fourth-order valence-electron chi connectivity index (χ4n) is 3.36. The van der Waals surface area contributed by atoms with E-state index >= 15 is 0 Å². The van der Waals surface area contributed by atoms with Gasteiger partial charge in [0.1, 0.15) is 5.54 Å². The van der Waals surface area contributed by atoms with Crippen LogP contribution >= 0.6 is 0 Å². The molecule has 0 aromatic carbocycles. The predicted molar refractivity (Wildman–Crippen MR) is 80.1 cm³/mol. The number of hydrogen-bond acceptors (Lipinski definition) is 5. The van der Waals surface area contributed by atoms with E-state index in [1.807, 2.05) is 14.0 Å².